The summed E-state index contributed by atoms with van der Waals surface area (Å²) in [7, 11) is 0. The van der Waals surface area contributed by atoms with E-state index in [1.807, 2.05) is 4.90 Å². The van der Waals surface area contributed by atoms with Crippen molar-refractivity contribution in [3.05, 3.63) is 62.8 Å². The van der Waals surface area contributed by atoms with E-state index >= 15 is 0 Å². The van der Waals surface area contributed by atoms with Crippen LogP contribution >= 0.6 is 0 Å². The zero-order valence-electron chi connectivity index (χ0n) is 14.4. The number of benzene rings is 1. The minimum Gasteiger partial charge on any atom is -0.305 e. The summed E-state index contributed by atoms with van der Waals surface area (Å²) in [5, 5.41) is 0. The quantitative estimate of drug-likeness (QED) is 0.917. The fraction of sp³-hybridized carbons (Fsp3) is 0.421. The summed E-state index contributed by atoms with van der Waals surface area (Å²) in [6, 6.07) is 3.59. The molecule has 0 saturated heterocycles. The predicted octanol–water partition coefficient (Wildman–Crippen LogP) is 2.58. The summed E-state index contributed by atoms with van der Waals surface area (Å²) in [5.74, 6) is -0.561. The van der Waals surface area contributed by atoms with E-state index < -0.39 is 11.6 Å². The van der Waals surface area contributed by atoms with E-state index in [1.165, 1.54) is 12.1 Å². The molecular formula is C19H20F2N4O. The Balaban J connectivity index is 1.55. The molecule has 4 rings (SSSR count). The Labute approximate surface area is 149 Å². The highest BCUT2D eigenvalue weighted by Crippen LogP contribution is 2.19. The van der Waals surface area contributed by atoms with Crippen molar-refractivity contribution in [2.24, 2.45) is 4.99 Å². The van der Waals surface area contributed by atoms with Gasteiger partial charge in [0.15, 0.2) is 5.82 Å². The van der Waals surface area contributed by atoms with Crippen LogP contribution in [0.1, 0.15) is 41.9 Å². The lowest BCUT2D eigenvalue weighted by Gasteiger charge is -2.28. The number of H-pyrrole nitrogens is 1. The fourth-order valence-electron chi connectivity index (χ4n) is 3.53. The minimum absolute atomic E-state index is 0.150. The van der Waals surface area contributed by atoms with Crippen molar-refractivity contribution in [3.63, 3.8) is 0 Å². The topological polar surface area (TPSA) is 61.4 Å². The lowest BCUT2D eigenvalue weighted by Crippen LogP contribution is -2.36. The molecule has 2 aliphatic heterocycles. The first-order valence-electron chi connectivity index (χ1n) is 8.92. The lowest BCUT2D eigenvalue weighted by atomic mass is 10.0. The second-order valence-corrected chi connectivity index (χ2v) is 6.82. The van der Waals surface area contributed by atoms with Crippen LogP contribution in [-0.2, 0) is 19.5 Å². The second kappa shape index (κ2) is 7.07. The maximum Gasteiger partial charge on any atom is 0.255 e. The van der Waals surface area contributed by atoms with E-state index in [9.17, 15) is 13.6 Å². The number of fused-ring (bicyclic) bond motifs is 1. The van der Waals surface area contributed by atoms with Crippen LogP contribution in [0.2, 0.25) is 0 Å². The number of aromatic nitrogens is 2. The average Bonchev–Trinajstić information content (AvgIpc) is 2.65. The van der Waals surface area contributed by atoms with E-state index in [0.717, 1.165) is 43.3 Å². The molecule has 0 spiro atoms. The number of nitrogens with one attached hydrogen (secondary N) is 1. The van der Waals surface area contributed by atoms with Crippen LogP contribution in [0.5, 0.6) is 0 Å². The molecule has 1 N–H and O–H groups in total. The fourth-order valence-corrected chi connectivity index (χ4v) is 3.53. The standard InChI is InChI=1S/C19H20F2N4O/c20-13-5-4-12(15(21)9-13)10-25-8-6-16-14(11-25)19(26)24-18(23-16)17-3-1-2-7-22-17/h4-5,9H,1-3,6-8,10-11H2,(H,23,24,26). The van der Waals surface area contributed by atoms with E-state index in [2.05, 4.69) is 15.0 Å². The molecule has 2 aromatic rings. The number of aliphatic imine (C=N–C) groups is 1. The Bertz CT molecular complexity index is 922. The Morgan fingerprint density at radius 3 is 2.85 bits per heavy atom. The molecule has 0 unspecified atom stereocenters. The minimum atomic E-state index is -0.589. The summed E-state index contributed by atoms with van der Waals surface area (Å²) in [4.78, 5) is 26.5. The predicted molar refractivity (Wildman–Crippen MR) is 94.3 cm³/mol. The molecule has 136 valence electrons. The number of nitrogens with zero attached hydrogens (tertiary/aromatic N) is 3. The molecular weight excluding hydrogens is 338 g/mol. The van der Waals surface area contributed by atoms with E-state index in [1.54, 1.807) is 0 Å². The van der Waals surface area contributed by atoms with Crippen LogP contribution in [0.3, 0.4) is 0 Å². The number of rotatable bonds is 3. The smallest absolute Gasteiger partial charge is 0.255 e. The van der Waals surface area contributed by atoms with Crippen molar-refractivity contribution in [1.29, 1.82) is 0 Å². The van der Waals surface area contributed by atoms with Crippen molar-refractivity contribution < 1.29 is 8.78 Å². The van der Waals surface area contributed by atoms with Gasteiger partial charge in [0.2, 0.25) is 0 Å². The third-order valence-electron chi connectivity index (χ3n) is 4.95. The van der Waals surface area contributed by atoms with Crippen LogP contribution in [0.15, 0.2) is 28.0 Å². The Morgan fingerprint density at radius 2 is 2.08 bits per heavy atom. The van der Waals surface area contributed by atoms with Crippen LogP contribution < -0.4 is 5.56 Å². The summed E-state index contributed by atoms with van der Waals surface area (Å²) in [6.07, 6.45) is 3.62. The van der Waals surface area contributed by atoms with Crippen LogP contribution in [-0.4, -0.2) is 33.7 Å². The largest absolute Gasteiger partial charge is 0.305 e. The molecule has 0 saturated carbocycles. The molecule has 7 heteroatoms. The van der Waals surface area contributed by atoms with Crippen molar-refractivity contribution in [3.8, 4) is 0 Å². The molecule has 0 amide bonds. The first-order chi connectivity index (χ1) is 12.6. The molecule has 0 radical (unpaired) electrons. The molecule has 26 heavy (non-hydrogen) atoms. The monoisotopic (exact) mass is 358 g/mol. The molecule has 2 aliphatic rings. The summed E-state index contributed by atoms with van der Waals surface area (Å²) in [5.41, 5.74) is 2.58. The maximum absolute atomic E-state index is 13.9. The van der Waals surface area contributed by atoms with E-state index in [-0.39, 0.29) is 5.56 Å². The Kier molecular flexibility index (Phi) is 4.63. The Morgan fingerprint density at radius 1 is 1.19 bits per heavy atom. The van der Waals surface area contributed by atoms with Crippen LogP contribution in [0, 0.1) is 11.6 Å². The molecule has 0 bridgehead atoms. The van der Waals surface area contributed by atoms with Gasteiger partial charge in [-0.2, -0.15) is 0 Å². The zero-order chi connectivity index (χ0) is 18.1. The summed E-state index contributed by atoms with van der Waals surface area (Å²) < 4.78 is 26.9. The molecule has 1 aromatic heterocycles. The van der Waals surface area contributed by atoms with Gasteiger partial charge in [0, 0.05) is 44.2 Å². The molecule has 0 fully saturated rings. The van der Waals surface area contributed by atoms with Gasteiger partial charge in [-0.3, -0.25) is 14.7 Å². The number of hydrogen-bond acceptors (Lipinski definition) is 4. The highest BCUT2D eigenvalue weighted by atomic mass is 19.1. The lowest BCUT2D eigenvalue weighted by molar-refractivity contribution is 0.238. The summed E-state index contributed by atoms with van der Waals surface area (Å²) >= 11 is 0. The van der Waals surface area contributed by atoms with Gasteiger partial charge in [-0.1, -0.05) is 6.07 Å². The van der Waals surface area contributed by atoms with Crippen molar-refractivity contribution in [1.82, 2.24) is 14.9 Å². The van der Waals surface area contributed by atoms with Crippen molar-refractivity contribution in [2.75, 3.05) is 13.1 Å². The van der Waals surface area contributed by atoms with E-state index in [4.69, 9.17) is 0 Å². The highest BCUT2D eigenvalue weighted by molar-refractivity contribution is 5.97. The molecule has 3 heterocycles. The summed E-state index contributed by atoms with van der Waals surface area (Å²) in [6.45, 7) is 2.19. The van der Waals surface area contributed by atoms with Gasteiger partial charge in [-0.25, -0.2) is 13.8 Å². The number of aromatic amines is 1. The number of halogens is 2. The third-order valence-corrected chi connectivity index (χ3v) is 4.95. The van der Waals surface area contributed by atoms with Crippen molar-refractivity contribution >= 4 is 5.71 Å². The third kappa shape index (κ3) is 3.44. The SMILES string of the molecule is O=c1[nH]c(C2=NCCCC2)nc2c1CN(Cc1ccc(F)cc1F)CC2. The van der Waals surface area contributed by atoms with Gasteiger partial charge in [0.1, 0.15) is 11.6 Å². The first-order valence-corrected chi connectivity index (χ1v) is 8.92. The van der Waals surface area contributed by atoms with E-state index in [0.29, 0.717) is 43.0 Å². The van der Waals surface area contributed by atoms with Gasteiger partial charge >= 0.3 is 0 Å². The van der Waals surface area contributed by atoms with Crippen molar-refractivity contribution in [2.45, 2.75) is 38.8 Å². The van der Waals surface area contributed by atoms with Gasteiger partial charge in [-0.15, -0.1) is 0 Å². The highest BCUT2D eigenvalue weighted by Gasteiger charge is 2.23. The first kappa shape index (κ1) is 17.0. The molecule has 5 nitrogen and oxygen atoms in total. The van der Waals surface area contributed by atoms with Gasteiger partial charge in [0.05, 0.1) is 17.0 Å². The van der Waals surface area contributed by atoms with Crippen LogP contribution in [0.4, 0.5) is 8.78 Å². The average molecular weight is 358 g/mol. The zero-order valence-corrected chi connectivity index (χ0v) is 14.4. The second-order valence-electron chi connectivity index (χ2n) is 6.82. The Hall–Kier alpha value is -2.41. The number of hydrogen-bond donors (Lipinski definition) is 1. The van der Waals surface area contributed by atoms with Gasteiger partial charge in [-0.05, 0) is 25.3 Å². The van der Waals surface area contributed by atoms with Gasteiger partial charge in [0.25, 0.3) is 5.56 Å². The maximum atomic E-state index is 13.9. The molecule has 0 atom stereocenters. The normalized spacial score (nSPS) is 17.7. The van der Waals surface area contributed by atoms with Crippen LogP contribution in [0.25, 0.3) is 0 Å². The molecule has 0 aliphatic carbocycles. The molecule has 1 aromatic carbocycles. The van der Waals surface area contributed by atoms with Gasteiger partial charge < -0.3 is 4.98 Å².